The number of cyclic esters (lactones) is 1. The van der Waals surface area contributed by atoms with Crippen molar-refractivity contribution in [2.24, 2.45) is 40.4 Å². The predicted octanol–water partition coefficient (Wildman–Crippen LogP) is 1.50. The average Bonchev–Trinajstić information content (AvgIpc) is 3.26. The van der Waals surface area contributed by atoms with E-state index in [-0.39, 0.29) is 49.0 Å². The molecule has 1 heterocycles. The van der Waals surface area contributed by atoms with Crippen LogP contribution in [0.2, 0.25) is 0 Å². The molecule has 8 nitrogen and oxygen atoms in total. The van der Waals surface area contributed by atoms with Crippen LogP contribution in [0.25, 0.3) is 0 Å². The molecule has 4 fully saturated rings. The molecule has 5 N–H and O–H groups in total. The van der Waals surface area contributed by atoms with Gasteiger partial charge in [-0.2, -0.15) is 0 Å². The summed E-state index contributed by atoms with van der Waals surface area (Å²) >= 11 is 0. The van der Waals surface area contributed by atoms with E-state index in [0.717, 1.165) is 0 Å². The van der Waals surface area contributed by atoms with Crippen molar-refractivity contribution < 1.29 is 39.9 Å². The third kappa shape index (κ3) is 3.44. The van der Waals surface area contributed by atoms with Gasteiger partial charge in [-0.15, -0.1) is 0 Å². The number of carbonyl (C=O) groups is 2. The molecule has 0 aromatic rings. The first-order valence-electron chi connectivity index (χ1n) is 13.6. The molecular formula is C28H42O8. The third-order valence-corrected chi connectivity index (χ3v) is 11.5. The maximum atomic E-state index is 13.3. The quantitative estimate of drug-likeness (QED) is 0.361. The summed E-state index contributed by atoms with van der Waals surface area (Å²) in [7, 11) is 0. The summed E-state index contributed by atoms with van der Waals surface area (Å²) in [6, 6.07) is 0. The molecule has 0 spiro atoms. The molecule has 202 valence electrons. The lowest BCUT2D eigenvalue weighted by Crippen LogP contribution is -2.63. The van der Waals surface area contributed by atoms with Crippen molar-refractivity contribution in [1.82, 2.24) is 0 Å². The van der Waals surface area contributed by atoms with Crippen LogP contribution in [0.4, 0.5) is 0 Å². The van der Waals surface area contributed by atoms with Gasteiger partial charge in [0.15, 0.2) is 5.78 Å². The van der Waals surface area contributed by atoms with Crippen LogP contribution in [0.3, 0.4) is 0 Å². The molecule has 5 rings (SSSR count). The highest BCUT2D eigenvalue weighted by Crippen LogP contribution is 2.68. The van der Waals surface area contributed by atoms with Crippen LogP contribution in [0.1, 0.15) is 72.6 Å². The van der Waals surface area contributed by atoms with Crippen LogP contribution in [-0.4, -0.2) is 73.4 Å². The number of ether oxygens (including phenoxy) is 1. The molecule has 0 aromatic carbocycles. The third-order valence-electron chi connectivity index (χ3n) is 11.5. The summed E-state index contributed by atoms with van der Waals surface area (Å²) in [6.07, 6.45) is 1.60. The van der Waals surface area contributed by atoms with Crippen LogP contribution in [-0.2, 0) is 14.3 Å². The largest absolute Gasteiger partial charge is 0.465 e. The molecule has 5 aliphatic rings. The highest BCUT2D eigenvalue weighted by Gasteiger charge is 2.69. The van der Waals surface area contributed by atoms with Crippen molar-refractivity contribution in [2.75, 3.05) is 6.61 Å². The number of aliphatic hydroxyl groups excluding tert-OH is 3. The molecule has 0 bridgehead atoms. The number of rotatable bonds is 4. The minimum atomic E-state index is -1.51. The number of carbonyl (C=O) groups excluding carboxylic acids is 2. The topological polar surface area (TPSA) is 145 Å². The maximum Gasteiger partial charge on any atom is 0.309 e. The number of hydrogen-bond donors (Lipinski definition) is 5. The second-order valence-electron chi connectivity index (χ2n) is 13.3. The Hall–Kier alpha value is -1.32. The number of aliphatic hydroxyl groups is 5. The first-order valence-corrected chi connectivity index (χ1v) is 13.6. The van der Waals surface area contributed by atoms with E-state index in [1.54, 1.807) is 19.9 Å². The lowest BCUT2D eigenvalue weighted by atomic mass is 9.45. The van der Waals surface area contributed by atoms with Gasteiger partial charge in [-0.05, 0) is 80.8 Å². The first kappa shape index (κ1) is 26.3. The zero-order valence-electron chi connectivity index (χ0n) is 21.8. The number of allylic oxidation sites excluding steroid dienone is 1. The molecular weight excluding hydrogens is 464 g/mol. The van der Waals surface area contributed by atoms with Crippen LogP contribution in [0.5, 0.6) is 0 Å². The summed E-state index contributed by atoms with van der Waals surface area (Å²) in [5.41, 5.74) is -3.44. The van der Waals surface area contributed by atoms with E-state index in [4.69, 9.17) is 4.74 Å². The zero-order valence-corrected chi connectivity index (χ0v) is 21.8. The van der Waals surface area contributed by atoms with Gasteiger partial charge in [0.2, 0.25) is 0 Å². The monoisotopic (exact) mass is 506 g/mol. The molecule has 12 unspecified atom stereocenters. The van der Waals surface area contributed by atoms with Crippen molar-refractivity contribution in [2.45, 2.75) is 102 Å². The summed E-state index contributed by atoms with van der Waals surface area (Å²) in [5, 5.41) is 56.0. The number of esters is 1. The Morgan fingerprint density at radius 2 is 1.83 bits per heavy atom. The van der Waals surface area contributed by atoms with Gasteiger partial charge in [-0.1, -0.05) is 20.8 Å². The van der Waals surface area contributed by atoms with E-state index >= 15 is 0 Å². The Kier molecular flexibility index (Phi) is 6.09. The van der Waals surface area contributed by atoms with Gasteiger partial charge < -0.3 is 30.3 Å². The maximum absolute atomic E-state index is 13.3. The average molecular weight is 507 g/mol. The Balaban J connectivity index is 1.44. The highest BCUT2D eigenvalue weighted by atomic mass is 16.5. The summed E-state index contributed by atoms with van der Waals surface area (Å²) in [6.45, 7) is 7.61. The van der Waals surface area contributed by atoms with Crippen LogP contribution in [0, 0.1) is 40.4 Å². The molecule has 3 saturated carbocycles. The van der Waals surface area contributed by atoms with Gasteiger partial charge in [-0.3, -0.25) is 9.59 Å². The van der Waals surface area contributed by atoms with Gasteiger partial charge in [0, 0.05) is 17.3 Å². The molecule has 4 aliphatic carbocycles. The molecule has 36 heavy (non-hydrogen) atoms. The highest BCUT2D eigenvalue weighted by molar-refractivity contribution is 5.95. The van der Waals surface area contributed by atoms with E-state index in [1.807, 2.05) is 13.8 Å². The minimum absolute atomic E-state index is 0.100. The van der Waals surface area contributed by atoms with Gasteiger partial charge in [0.25, 0.3) is 0 Å². The molecule has 12 atom stereocenters. The Labute approximate surface area is 212 Å². The van der Waals surface area contributed by atoms with Gasteiger partial charge in [0.1, 0.15) is 0 Å². The zero-order chi connectivity index (χ0) is 26.4. The van der Waals surface area contributed by atoms with Crippen molar-refractivity contribution in [1.29, 1.82) is 0 Å². The SMILES string of the molecule is CC1C(=O)OCC1CC(O)C(C)(O)C1CCC2(O)C3=CC(=O)C4CC(O)C(O)CC4(C)C3CCC12C. The van der Waals surface area contributed by atoms with E-state index in [0.29, 0.717) is 37.7 Å². The van der Waals surface area contributed by atoms with Crippen molar-refractivity contribution >= 4 is 11.8 Å². The van der Waals surface area contributed by atoms with Gasteiger partial charge in [0.05, 0.1) is 42.0 Å². The fourth-order valence-corrected chi connectivity index (χ4v) is 8.99. The molecule has 0 amide bonds. The normalized spacial score (nSPS) is 50.9. The smallest absolute Gasteiger partial charge is 0.309 e. The number of hydrogen-bond acceptors (Lipinski definition) is 8. The Morgan fingerprint density at radius 3 is 2.47 bits per heavy atom. The molecule has 1 saturated heterocycles. The van der Waals surface area contributed by atoms with Crippen LogP contribution < -0.4 is 0 Å². The van der Waals surface area contributed by atoms with E-state index in [1.165, 1.54) is 0 Å². The Bertz CT molecular complexity index is 975. The van der Waals surface area contributed by atoms with Crippen LogP contribution >= 0.6 is 0 Å². The van der Waals surface area contributed by atoms with E-state index < -0.39 is 52.2 Å². The van der Waals surface area contributed by atoms with Crippen molar-refractivity contribution in [3.8, 4) is 0 Å². The number of fused-ring (bicyclic) bond motifs is 5. The van der Waals surface area contributed by atoms with Gasteiger partial charge in [-0.25, -0.2) is 0 Å². The second-order valence-corrected chi connectivity index (χ2v) is 13.3. The lowest BCUT2D eigenvalue weighted by molar-refractivity contribution is -0.177. The fraction of sp³-hybridized carbons (Fsp3) is 0.857. The summed E-state index contributed by atoms with van der Waals surface area (Å²) in [5.74, 6) is -1.81. The molecule has 0 radical (unpaired) electrons. The second kappa shape index (κ2) is 8.34. The first-order chi connectivity index (χ1) is 16.7. The molecule has 0 aromatic heterocycles. The molecule has 1 aliphatic heterocycles. The lowest BCUT2D eigenvalue weighted by Gasteiger charge is -2.60. The van der Waals surface area contributed by atoms with Gasteiger partial charge >= 0.3 is 5.97 Å². The predicted molar refractivity (Wildman–Crippen MR) is 129 cm³/mol. The fourth-order valence-electron chi connectivity index (χ4n) is 8.99. The summed E-state index contributed by atoms with van der Waals surface area (Å²) in [4.78, 5) is 25.1. The standard InChI is InChI=1S/C28H42O8/c1-14-15(13-36-24(14)33)9-23(32)27(4,34)22-6-8-28(35)17-10-19(29)18-11-20(30)21(31)12-25(18,2)16(17)5-7-26(22,28)3/h10,14-16,18,20-23,30-32,34-35H,5-9,11-13H2,1-4H3. The molecule has 8 heteroatoms. The number of ketones is 1. The van der Waals surface area contributed by atoms with Crippen molar-refractivity contribution in [3.63, 3.8) is 0 Å². The van der Waals surface area contributed by atoms with Crippen molar-refractivity contribution in [3.05, 3.63) is 11.6 Å². The van der Waals surface area contributed by atoms with Crippen LogP contribution in [0.15, 0.2) is 11.6 Å². The van der Waals surface area contributed by atoms with E-state index in [9.17, 15) is 35.1 Å². The Morgan fingerprint density at radius 1 is 1.14 bits per heavy atom. The van der Waals surface area contributed by atoms with E-state index in [2.05, 4.69) is 0 Å². The summed E-state index contributed by atoms with van der Waals surface area (Å²) < 4.78 is 5.13. The minimum Gasteiger partial charge on any atom is -0.465 e.